The van der Waals surface area contributed by atoms with E-state index in [0.29, 0.717) is 29.8 Å². The molecular weight excluding hydrogens is 325 g/mol. The van der Waals surface area contributed by atoms with Gasteiger partial charge in [0.1, 0.15) is 23.2 Å². The molecule has 2 aliphatic rings. The zero-order chi connectivity index (χ0) is 17.6. The Kier molecular flexibility index (Phi) is 3.63. The molecule has 0 bridgehead atoms. The van der Waals surface area contributed by atoms with Crippen molar-refractivity contribution in [3.8, 4) is 0 Å². The number of ether oxygens (including phenoxy) is 1. The third-order valence-corrected chi connectivity index (χ3v) is 4.64. The molecule has 6 nitrogen and oxygen atoms in total. The summed E-state index contributed by atoms with van der Waals surface area (Å²) in [4.78, 5) is 24.6. The maximum absolute atomic E-state index is 14.5. The number of ketones is 1. The van der Waals surface area contributed by atoms with Crippen molar-refractivity contribution in [2.45, 2.75) is 25.3 Å². The Labute approximate surface area is 143 Å². The second-order valence-corrected chi connectivity index (χ2v) is 6.06. The number of benzene rings is 1. The van der Waals surface area contributed by atoms with Crippen molar-refractivity contribution < 1.29 is 18.7 Å². The second-order valence-electron chi connectivity index (χ2n) is 6.06. The van der Waals surface area contributed by atoms with Gasteiger partial charge in [0, 0.05) is 23.3 Å². The predicted molar refractivity (Wildman–Crippen MR) is 87.6 cm³/mol. The fourth-order valence-electron chi connectivity index (χ4n) is 3.50. The van der Waals surface area contributed by atoms with Crippen LogP contribution in [0.25, 0.3) is 0 Å². The standard InChI is InChI=1S/C18H16FN3O3/c1-25-18(24)11-9-20-22-16(10-5-2-3-6-12(10)19)15-13(21-17(11)22)7-4-8-14(15)23/h2-3,5-6,9,16,21H,4,7-8H2,1H3/t16-/m0/s1. The lowest BCUT2D eigenvalue weighted by atomic mass is 9.85. The third-order valence-electron chi connectivity index (χ3n) is 4.64. The van der Waals surface area contributed by atoms with Gasteiger partial charge in [-0.25, -0.2) is 13.9 Å². The van der Waals surface area contributed by atoms with Gasteiger partial charge < -0.3 is 10.1 Å². The minimum atomic E-state index is -0.696. The van der Waals surface area contributed by atoms with E-state index in [9.17, 15) is 14.0 Å². The fraction of sp³-hybridized carbons (Fsp3) is 0.278. The summed E-state index contributed by atoms with van der Waals surface area (Å²) < 4.78 is 20.8. The molecule has 0 radical (unpaired) electrons. The van der Waals surface area contributed by atoms with Crippen LogP contribution in [-0.2, 0) is 9.53 Å². The SMILES string of the molecule is COC(=O)c1cnn2c1NC1=C(C(=O)CCC1)[C@@H]2c1ccccc1F. The van der Waals surface area contributed by atoms with Crippen molar-refractivity contribution in [3.05, 3.63) is 58.7 Å². The molecule has 25 heavy (non-hydrogen) atoms. The molecule has 1 aliphatic heterocycles. The molecule has 0 amide bonds. The molecule has 1 aliphatic carbocycles. The van der Waals surface area contributed by atoms with E-state index in [4.69, 9.17) is 4.74 Å². The smallest absolute Gasteiger partial charge is 0.343 e. The molecular formula is C18H16FN3O3. The van der Waals surface area contributed by atoms with E-state index in [1.165, 1.54) is 24.1 Å². The van der Waals surface area contributed by atoms with Gasteiger partial charge in [-0.15, -0.1) is 0 Å². The minimum absolute atomic E-state index is 0.0252. The van der Waals surface area contributed by atoms with Gasteiger partial charge in [0.25, 0.3) is 0 Å². The Morgan fingerprint density at radius 1 is 1.36 bits per heavy atom. The predicted octanol–water partition coefficient (Wildman–Crippen LogP) is 2.83. The Balaban J connectivity index is 1.95. The van der Waals surface area contributed by atoms with Crippen LogP contribution >= 0.6 is 0 Å². The minimum Gasteiger partial charge on any atom is -0.465 e. The highest BCUT2D eigenvalue weighted by Crippen LogP contribution is 2.42. The first kappa shape index (κ1) is 15.6. The summed E-state index contributed by atoms with van der Waals surface area (Å²) in [7, 11) is 1.29. The quantitative estimate of drug-likeness (QED) is 0.851. The number of anilines is 1. The molecule has 1 aromatic heterocycles. The van der Waals surface area contributed by atoms with E-state index in [0.717, 1.165) is 12.1 Å². The van der Waals surface area contributed by atoms with Crippen molar-refractivity contribution in [1.82, 2.24) is 9.78 Å². The van der Waals surface area contributed by atoms with Crippen LogP contribution in [0.1, 0.15) is 41.2 Å². The van der Waals surface area contributed by atoms with E-state index in [-0.39, 0.29) is 11.3 Å². The topological polar surface area (TPSA) is 73.2 Å². The number of carbonyl (C=O) groups is 2. The summed E-state index contributed by atoms with van der Waals surface area (Å²) in [5.41, 5.74) is 1.85. The van der Waals surface area contributed by atoms with Gasteiger partial charge in [0.05, 0.1) is 13.3 Å². The number of hydrogen-bond acceptors (Lipinski definition) is 5. The number of nitrogens with one attached hydrogen (secondary N) is 1. The number of allylic oxidation sites excluding steroid dienone is 2. The molecule has 0 saturated carbocycles. The van der Waals surface area contributed by atoms with Gasteiger partial charge >= 0.3 is 5.97 Å². The van der Waals surface area contributed by atoms with E-state index >= 15 is 0 Å². The molecule has 128 valence electrons. The van der Waals surface area contributed by atoms with Gasteiger partial charge in [-0.2, -0.15) is 5.10 Å². The molecule has 0 saturated heterocycles. The number of esters is 1. The zero-order valence-corrected chi connectivity index (χ0v) is 13.6. The summed E-state index contributed by atoms with van der Waals surface area (Å²) in [6.07, 6.45) is 3.19. The van der Waals surface area contributed by atoms with Crippen molar-refractivity contribution >= 4 is 17.6 Å². The van der Waals surface area contributed by atoms with Crippen LogP contribution < -0.4 is 5.32 Å². The Bertz CT molecular complexity index is 916. The van der Waals surface area contributed by atoms with Gasteiger partial charge in [-0.05, 0) is 18.9 Å². The molecule has 1 N–H and O–H groups in total. The first-order valence-corrected chi connectivity index (χ1v) is 8.05. The van der Waals surface area contributed by atoms with Crippen molar-refractivity contribution in [2.75, 3.05) is 12.4 Å². The first-order valence-electron chi connectivity index (χ1n) is 8.05. The number of nitrogens with zero attached hydrogens (tertiary/aromatic N) is 2. The lowest BCUT2D eigenvalue weighted by molar-refractivity contribution is -0.116. The first-order chi connectivity index (χ1) is 12.1. The second kappa shape index (κ2) is 5.84. The Hall–Kier alpha value is -2.96. The van der Waals surface area contributed by atoms with Crippen LogP contribution in [0, 0.1) is 5.82 Å². The van der Waals surface area contributed by atoms with Gasteiger partial charge in [-0.3, -0.25) is 4.79 Å². The van der Waals surface area contributed by atoms with Crippen molar-refractivity contribution in [2.24, 2.45) is 0 Å². The van der Waals surface area contributed by atoms with Crippen molar-refractivity contribution in [3.63, 3.8) is 0 Å². The number of Topliss-reactive ketones (excluding diaryl/α,β-unsaturated/α-hetero) is 1. The summed E-state index contributed by atoms with van der Waals surface area (Å²) >= 11 is 0. The van der Waals surface area contributed by atoms with Crippen LogP contribution in [0.4, 0.5) is 10.2 Å². The monoisotopic (exact) mass is 341 g/mol. The lowest BCUT2D eigenvalue weighted by Gasteiger charge is -2.33. The van der Waals surface area contributed by atoms with Crippen LogP contribution in [0.5, 0.6) is 0 Å². The van der Waals surface area contributed by atoms with E-state index in [1.54, 1.807) is 18.2 Å². The van der Waals surface area contributed by atoms with E-state index in [1.807, 2.05) is 0 Å². The van der Waals surface area contributed by atoms with Crippen LogP contribution in [-0.4, -0.2) is 28.6 Å². The molecule has 2 heterocycles. The van der Waals surface area contributed by atoms with Crippen LogP contribution in [0.3, 0.4) is 0 Å². The van der Waals surface area contributed by atoms with Gasteiger partial charge in [0.15, 0.2) is 5.78 Å². The highest BCUT2D eigenvalue weighted by Gasteiger charge is 2.38. The number of methoxy groups -OCH3 is 1. The third kappa shape index (κ3) is 2.34. The van der Waals surface area contributed by atoms with Crippen LogP contribution in [0.15, 0.2) is 41.7 Å². The summed E-state index contributed by atoms with van der Waals surface area (Å²) in [6.45, 7) is 0. The summed E-state index contributed by atoms with van der Waals surface area (Å²) in [5.74, 6) is -0.552. The molecule has 0 fully saturated rings. The molecule has 7 heteroatoms. The van der Waals surface area contributed by atoms with E-state index in [2.05, 4.69) is 10.4 Å². The molecule has 4 rings (SSSR count). The van der Waals surface area contributed by atoms with Gasteiger partial charge in [0.2, 0.25) is 0 Å². The number of carbonyl (C=O) groups excluding carboxylic acids is 2. The molecule has 0 unspecified atom stereocenters. The molecule has 1 aromatic carbocycles. The molecule has 1 atom stereocenters. The summed E-state index contributed by atoms with van der Waals surface area (Å²) in [6, 6.07) is 5.62. The highest BCUT2D eigenvalue weighted by atomic mass is 19.1. The fourth-order valence-corrected chi connectivity index (χ4v) is 3.50. The van der Waals surface area contributed by atoms with Crippen LogP contribution in [0.2, 0.25) is 0 Å². The van der Waals surface area contributed by atoms with Crippen molar-refractivity contribution in [1.29, 1.82) is 0 Å². The molecule has 0 spiro atoms. The number of halogens is 1. The van der Waals surface area contributed by atoms with E-state index < -0.39 is 17.8 Å². The largest absolute Gasteiger partial charge is 0.465 e. The lowest BCUT2D eigenvalue weighted by Crippen LogP contribution is -2.32. The average molecular weight is 341 g/mol. The normalized spacial score (nSPS) is 19.1. The average Bonchev–Trinajstić information content (AvgIpc) is 3.04. The Morgan fingerprint density at radius 3 is 2.92 bits per heavy atom. The zero-order valence-electron chi connectivity index (χ0n) is 13.6. The van der Waals surface area contributed by atoms with Gasteiger partial charge in [-0.1, -0.05) is 18.2 Å². The maximum Gasteiger partial charge on any atom is 0.343 e. The maximum atomic E-state index is 14.5. The highest BCUT2D eigenvalue weighted by molar-refractivity contribution is 6.01. The summed E-state index contributed by atoms with van der Waals surface area (Å²) in [5, 5.41) is 7.40. The number of rotatable bonds is 2. The number of hydrogen-bond donors (Lipinski definition) is 1. The molecule has 2 aromatic rings. The Morgan fingerprint density at radius 2 is 2.16 bits per heavy atom. The number of aromatic nitrogens is 2. The number of fused-ring (bicyclic) bond motifs is 1.